The highest BCUT2D eigenvalue weighted by atomic mass is 32.1. The molecular weight excluding hydrogens is 406 g/mol. The highest BCUT2D eigenvalue weighted by molar-refractivity contribution is 7.14. The lowest BCUT2D eigenvalue weighted by Gasteiger charge is -2.31. The Morgan fingerprint density at radius 1 is 1.24 bits per heavy atom. The molecule has 2 aliphatic rings. The fourth-order valence-corrected chi connectivity index (χ4v) is 5.87. The molecule has 1 N–H and O–H groups in total. The third-order valence-corrected chi connectivity index (χ3v) is 7.57. The molecule has 154 valence electrons. The summed E-state index contributed by atoms with van der Waals surface area (Å²) in [6, 6.07) is 3.29. The third kappa shape index (κ3) is 3.89. The Hall–Kier alpha value is -2.03. The first kappa shape index (κ1) is 20.3. The van der Waals surface area contributed by atoms with Gasteiger partial charge in [0.15, 0.2) is 5.76 Å². The van der Waals surface area contributed by atoms with Gasteiger partial charge in [0, 0.05) is 18.0 Å². The van der Waals surface area contributed by atoms with Gasteiger partial charge in [-0.3, -0.25) is 9.59 Å². The normalized spacial score (nSPS) is 20.7. The zero-order valence-electron chi connectivity index (χ0n) is 16.7. The van der Waals surface area contributed by atoms with Gasteiger partial charge >= 0.3 is 0 Å². The average molecular weight is 432 g/mol. The number of Topliss-reactive ketones (excluding diaryl/α,β-unsaturated/α-hetero) is 1. The van der Waals surface area contributed by atoms with Gasteiger partial charge in [-0.05, 0) is 51.2 Å². The number of likely N-dealkylation sites (tertiary alicyclic amines) is 1. The van der Waals surface area contributed by atoms with Crippen molar-refractivity contribution in [1.29, 1.82) is 0 Å². The van der Waals surface area contributed by atoms with E-state index in [4.69, 9.17) is 0 Å². The Morgan fingerprint density at radius 2 is 2.00 bits per heavy atom. The van der Waals surface area contributed by atoms with E-state index in [0.717, 1.165) is 29.5 Å². The minimum absolute atomic E-state index is 0.183. The zero-order chi connectivity index (χ0) is 20.5. The molecule has 4 rings (SSSR count). The first-order valence-corrected chi connectivity index (χ1v) is 11.7. The van der Waals surface area contributed by atoms with Crippen molar-refractivity contribution in [2.75, 3.05) is 26.2 Å². The highest BCUT2D eigenvalue weighted by Gasteiger charge is 2.44. The molecule has 0 saturated carbocycles. The summed E-state index contributed by atoms with van der Waals surface area (Å²) >= 11 is 2.81. The molecule has 1 fully saturated rings. The maximum Gasteiger partial charge on any atom is 0.290 e. The number of thiophene rings is 1. The summed E-state index contributed by atoms with van der Waals surface area (Å²) in [6.45, 7) is 6.96. The van der Waals surface area contributed by atoms with Crippen molar-refractivity contribution < 1.29 is 14.7 Å². The van der Waals surface area contributed by atoms with E-state index in [-0.39, 0.29) is 11.4 Å². The molecule has 1 amide bonds. The van der Waals surface area contributed by atoms with Gasteiger partial charge in [0.2, 0.25) is 5.78 Å². The van der Waals surface area contributed by atoms with Gasteiger partial charge in [-0.1, -0.05) is 12.5 Å². The number of rotatable bonds is 6. The first-order chi connectivity index (χ1) is 14.0. The van der Waals surface area contributed by atoms with Crippen LogP contribution in [0.25, 0.3) is 0 Å². The number of amides is 1. The topological polar surface area (TPSA) is 73.7 Å². The fourth-order valence-electron chi connectivity index (χ4n) is 4.16. The van der Waals surface area contributed by atoms with Crippen molar-refractivity contribution in [2.24, 2.45) is 0 Å². The molecule has 4 heterocycles. The summed E-state index contributed by atoms with van der Waals surface area (Å²) in [5.74, 6) is -1.17. The summed E-state index contributed by atoms with van der Waals surface area (Å²) < 4.78 is 0. The molecule has 1 unspecified atom stereocenters. The van der Waals surface area contributed by atoms with Crippen molar-refractivity contribution in [2.45, 2.75) is 39.2 Å². The van der Waals surface area contributed by atoms with Crippen LogP contribution in [0.5, 0.6) is 0 Å². The summed E-state index contributed by atoms with van der Waals surface area (Å²) in [4.78, 5) is 36.1. The number of carbonyl (C=O) groups is 2. The van der Waals surface area contributed by atoms with E-state index in [2.05, 4.69) is 9.88 Å². The van der Waals surface area contributed by atoms with Gasteiger partial charge in [0.1, 0.15) is 0 Å². The number of hydrogen-bond donors (Lipinski definition) is 1. The van der Waals surface area contributed by atoms with Crippen LogP contribution in [0.1, 0.15) is 50.6 Å². The lowest BCUT2D eigenvalue weighted by Crippen LogP contribution is -2.40. The van der Waals surface area contributed by atoms with E-state index in [1.165, 1.54) is 41.9 Å². The summed E-state index contributed by atoms with van der Waals surface area (Å²) in [5.41, 5.74) is 0.824. The number of thiazole rings is 1. The number of aliphatic hydroxyl groups excluding tert-OH is 1. The van der Waals surface area contributed by atoms with E-state index < -0.39 is 17.7 Å². The largest absolute Gasteiger partial charge is 0.503 e. The van der Waals surface area contributed by atoms with Crippen molar-refractivity contribution in [1.82, 2.24) is 14.8 Å². The quantitative estimate of drug-likeness (QED) is 0.703. The molecule has 8 heteroatoms. The number of ketones is 1. The maximum absolute atomic E-state index is 13.4. The predicted octanol–water partition coefficient (Wildman–Crippen LogP) is 3.89. The molecule has 0 bridgehead atoms. The minimum atomic E-state index is -0.540. The van der Waals surface area contributed by atoms with Crippen molar-refractivity contribution in [3.63, 3.8) is 0 Å². The van der Waals surface area contributed by atoms with E-state index in [9.17, 15) is 14.7 Å². The van der Waals surface area contributed by atoms with Crippen molar-refractivity contribution in [3.05, 3.63) is 49.3 Å². The van der Waals surface area contributed by atoms with Crippen LogP contribution in [0.2, 0.25) is 0 Å². The van der Waals surface area contributed by atoms with Gasteiger partial charge in [-0.15, -0.1) is 22.7 Å². The molecule has 2 aromatic rings. The second-order valence-corrected chi connectivity index (χ2v) is 9.74. The van der Waals surface area contributed by atoms with Crippen LogP contribution in [0.3, 0.4) is 0 Å². The van der Waals surface area contributed by atoms with Gasteiger partial charge in [0.25, 0.3) is 5.91 Å². The van der Waals surface area contributed by atoms with Crippen LogP contribution < -0.4 is 0 Å². The molecule has 0 aliphatic carbocycles. The van der Waals surface area contributed by atoms with E-state index in [1.807, 2.05) is 24.4 Å². The zero-order valence-corrected chi connectivity index (χ0v) is 18.3. The number of carbonyl (C=O) groups excluding carboxylic acids is 2. The number of piperidine rings is 1. The number of aliphatic hydroxyl groups is 1. The predicted molar refractivity (Wildman–Crippen MR) is 115 cm³/mol. The van der Waals surface area contributed by atoms with E-state index in [0.29, 0.717) is 17.1 Å². The van der Waals surface area contributed by atoms with Crippen LogP contribution >= 0.6 is 22.7 Å². The number of aryl methyl sites for hydroxylation is 2. The smallest absolute Gasteiger partial charge is 0.290 e. The minimum Gasteiger partial charge on any atom is -0.503 e. The SMILES string of the molecule is Cc1nc(C)c(C(=O)C2=C(O)C(=O)N(CCN3CCCCC3)C2c2cccs2)s1. The van der Waals surface area contributed by atoms with Gasteiger partial charge < -0.3 is 14.9 Å². The molecule has 2 aliphatic heterocycles. The second kappa shape index (κ2) is 8.38. The average Bonchev–Trinajstić information content (AvgIpc) is 3.41. The molecule has 29 heavy (non-hydrogen) atoms. The Bertz CT molecular complexity index is 943. The summed E-state index contributed by atoms with van der Waals surface area (Å²) in [6.07, 6.45) is 3.62. The molecule has 0 aromatic carbocycles. The third-order valence-electron chi connectivity index (χ3n) is 5.58. The van der Waals surface area contributed by atoms with Crippen LogP contribution in [0.4, 0.5) is 0 Å². The van der Waals surface area contributed by atoms with Crippen molar-refractivity contribution in [3.8, 4) is 0 Å². The second-order valence-electron chi connectivity index (χ2n) is 7.56. The van der Waals surface area contributed by atoms with Gasteiger partial charge in [-0.2, -0.15) is 0 Å². The molecule has 2 aromatic heterocycles. The molecule has 0 radical (unpaired) electrons. The molecule has 1 atom stereocenters. The number of aromatic nitrogens is 1. The molecule has 0 spiro atoms. The number of nitrogens with zero attached hydrogens (tertiary/aromatic N) is 3. The van der Waals surface area contributed by atoms with Gasteiger partial charge in [0.05, 0.1) is 27.2 Å². The maximum atomic E-state index is 13.4. The van der Waals surface area contributed by atoms with Crippen LogP contribution in [0.15, 0.2) is 28.8 Å². The Balaban J connectivity index is 1.65. The van der Waals surface area contributed by atoms with Gasteiger partial charge in [-0.25, -0.2) is 4.98 Å². The standard InChI is InChI=1S/C21H25N3O3S2/c1-13-20(29-14(2)22-13)18(25)16-17(15-7-6-12-28-15)24(21(27)19(16)26)11-10-23-8-4-3-5-9-23/h6-7,12,17,26H,3-5,8-11H2,1-2H3. The first-order valence-electron chi connectivity index (χ1n) is 9.96. The lowest BCUT2D eigenvalue weighted by atomic mass is 10.0. The van der Waals surface area contributed by atoms with E-state index >= 15 is 0 Å². The van der Waals surface area contributed by atoms with Crippen molar-refractivity contribution >= 4 is 34.4 Å². The Labute approximate surface area is 178 Å². The van der Waals surface area contributed by atoms with E-state index in [1.54, 1.807) is 11.8 Å². The molecule has 1 saturated heterocycles. The highest BCUT2D eigenvalue weighted by Crippen LogP contribution is 2.41. The Morgan fingerprint density at radius 3 is 2.62 bits per heavy atom. The van der Waals surface area contributed by atoms with Crippen LogP contribution in [0, 0.1) is 13.8 Å². The Kier molecular flexibility index (Phi) is 5.85. The van der Waals surface area contributed by atoms with Crippen LogP contribution in [-0.4, -0.2) is 57.8 Å². The summed E-state index contributed by atoms with van der Waals surface area (Å²) in [5, 5.41) is 13.4. The molecular formula is C21H25N3O3S2. The fraction of sp³-hybridized carbons (Fsp3) is 0.476. The summed E-state index contributed by atoms with van der Waals surface area (Å²) in [7, 11) is 0. The molecule has 6 nitrogen and oxygen atoms in total. The van der Waals surface area contributed by atoms with Crippen LogP contribution in [-0.2, 0) is 4.79 Å². The number of hydrogen-bond acceptors (Lipinski definition) is 7. The lowest BCUT2D eigenvalue weighted by molar-refractivity contribution is -0.129. The monoisotopic (exact) mass is 431 g/mol.